The molecule has 0 fully saturated rings. The first kappa shape index (κ1) is 43.2. The Kier molecular flexibility index (Phi) is 239. The van der Waals surface area contributed by atoms with Crippen molar-refractivity contribution in [3.63, 3.8) is 0 Å². The second-order valence-electron chi connectivity index (χ2n) is 0. The molecule has 0 heterocycles. The summed E-state index contributed by atoms with van der Waals surface area (Å²) in [5, 5.41) is 0. The van der Waals surface area contributed by atoms with E-state index in [1.54, 1.807) is 0 Å². The van der Waals surface area contributed by atoms with Crippen molar-refractivity contribution in [2.75, 3.05) is 0 Å². The minimum atomic E-state index is 0. The maximum atomic E-state index is 0. The summed E-state index contributed by atoms with van der Waals surface area (Å²) in [7, 11) is 0. The van der Waals surface area contributed by atoms with Crippen molar-refractivity contribution in [1.29, 1.82) is 0 Å². The zero-order valence-electron chi connectivity index (χ0n) is 2.13. The number of hydrogen-bond donors (Lipinski definition) is 0. The molecule has 0 amide bonds. The maximum Gasteiger partial charge on any atom is 0 e. The van der Waals surface area contributed by atoms with Crippen LogP contribution >= 0.6 is 0 Å². The standard InChI is InChI=1S/CH3.Cr.Mo.Ni/h1H3;;;/q-1;;;. The minimum absolute atomic E-state index is 0. The molecule has 0 radical (unpaired) electrons. The first-order valence-electron chi connectivity index (χ1n) is 0. The molecule has 0 aromatic carbocycles. The number of rotatable bonds is 0. The van der Waals surface area contributed by atoms with Crippen molar-refractivity contribution >= 4 is 0 Å². The smallest absolute Gasteiger partial charge is 0 e. The molecular weight excluding hydrogens is 219 g/mol. The quantitative estimate of drug-likeness (QED) is 0.412. The number of hydrogen-bond acceptors (Lipinski definition) is 0. The molecule has 0 unspecified atom stereocenters. The van der Waals surface area contributed by atoms with Crippen LogP contribution in [0.15, 0.2) is 0 Å². The summed E-state index contributed by atoms with van der Waals surface area (Å²) in [6, 6.07) is 0. The van der Waals surface area contributed by atoms with Crippen LogP contribution in [-0.2, 0) is 54.9 Å². The predicted octanol–water partition coefficient (Wildman–Crippen LogP) is 0.443. The molecule has 3 heteroatoms. The SMILES string of the molecule is [CH3-].[Cr].[Mo].[Ni]. The van der Waals surface area contributed by atoms with Gasteiger partial charge in [-0.1, -0.05) is 0 Å². The second-order valence-corrected chi connectivity index (χ2v) is 0. The van der Waals surface area contributed by atoms with E-state index in [0.29, 0.717) is 0 Å². The molecule has 30 valence electrons. The van der Waals surface area contributed by atoms with Gasteiger partial charge in [-0.2, -0.15) is 0 Å². The molecule has 0 spiro atoms. The molecule has 0 nitrogen and oxygen atoms in total. The van der Waals surface area contributed by atoms with Gasteiger partial charge >= 0.3 is 0 Å². The summed E-state index contributed by atoms with van der Waals surface area (Å²) >= 11 is 0. The van der Waals surface area contributed by atoms with Crippen LogP contribution in [0.1, 0.15) is 0 Å². The van der Waals surface area contributed by atoms with Gasteiger partial charge in [0.1, 0.15) is 0 Å². The Morgan fingerprint density at radius 1 is 1.00 bits per heavy atom. The van der Waals surface area contributed by atoms with Crippen LogP contribution in [0, 0.1) is 7.43 Å². The van der Waals surface area contributed by atoms with E-state index < -0.39 is 0 Å². The molecule has 0 aliphatic carbocycles. The van der Waals surface area contributed by atoms with Crippen LogP contribution in [0.25, 0.3) is 0 Å². The van der Waals surface area contributed by atoms with Gasteiger partial charge in [-0.3, -0.25) is 0 Å². The van der Waals surface area contributed by atoms with Crippen molar-refractivity contribution in [2.45, 2.75) is 0 Å². The van der Waals surface area contributed by atoms with Crippen molar-refractivity contribution in [3.8, 4) is 0 Å². The van der Waals surface area contributed by atoms with E-state index in [-0.39, 0.29) is 62.3 Å². The molecule has 0 aromatic heterocycles. The maximum absolute atomic E-state index is 0. The molecule has 0 aliphatic heterocycles. The van der Waals surface area contributed by atoms with Gasteiger partial charge in [-0.05, 0) is 0 Å². The summed E-state index contributed by atoms with van der Waals surface area (Å²) in [5.74, 6) is 0. The topological polar surface area (TPSA) is 0 Å². The van der Waals surface area contributed by atoms with E-state index in [1.807, 2.05) is 0 Å². The van der Waals surface area contributed by atoms with Gasteiger partial charge < -0.3 is 7.43 Å². The van der Waals surface area contributed by atoms with E-state index in [0.717, 1.165) is 0 Å². The molecule has 0 aromatic rings. The van der Waals surface area contributed by atoms with Crippen LogP contribution in [0.5, 0.6) is 0 Å². The third-order valence-electron chi connectivity index (χ3n) is 0. The minimum Gasteiger partial charge on any atom is -0.358 e. The van der Waals surface area contributed by atoms with Gasteiger partial charge in [0, 0.05) is 54.9 Å². The fourth-order valence-corrected chi connectivity index (χ4v) is 0. The van der Waals surface area contributed by atoms with E-state index in [4.69, 9.17) is 0 Å². The fourth-order valence-electron chi connectivity index (χ4n) is 0. The van der Waals surface area contributed by atoms with Crippen LogP contribution in [-0.4, -0.2) is 0 Å². The largest absolute Gasteiger partial charge is 0.358 e. The van der Waals surface area contributed by atoms with Gasteiger partial charge in [0.2, 0.25) is 0 Å². The summed E-state index contributed by atoms with van der Waals surface area (Å²) in [6.07, 6.45) is 0. The average Bonchev–Trinajstić information content (AvgIpc) is 0. The van der Waals surface area contributed by atoms with Gasteiger partial charge in [0.05, 0.1) is 0 Å². The second kappa shape index (κ2) is 22.1. The van der Waals surface area contributed by atoms with Crippen molar-refractivity contribution in [3.05, 3.63) is 7.43 Å². The molecule has 0 rings (SSSR count). The molecule has 0 aliphatic rings. The molecular formula is CH3CrMoNi-. The van der Waals surface area contributed by atoms with E-state index in [9.17, 15) is 0 Å². The first-order valence-corrected chi connectivity index (χ1v) is 0. The van der Waals surface area contributed by atoms with E-state index in [1.165, 1.54) is 0 Å². The summed E-state index contributed by atoms with van der Waals surface area (Å²) < 4.78 is 0. The molecule has 0 N–H and O–H groups in total. The van der Waals surface area contributed by atoms with Gasteiger partial charge in [0.25, 0.3) is 0 Å². The third-order valence-corrected chi connectivity index (χ3v) is 0. The Hall–Kier alpha value is 1.71. The van der Waals surface area contributed by atoms with Gasteiger partial charge in [-0.15, -0.1) is 0 Å². The molecule has 0 atom stereocenters. The van der Waals surface area contributed by atoms with Crippen molar-refractivity contribution < 1.29 is 54.9 Å². The Morgan fingerprint density at radius 3 is 1.00 bits per heavy atom. The molecule has 0 bridgehead atoms. The van der Waals surface area contributed by atoms with Gasteiger partial charge in [-0.25, -0.2) is 0 Å². The van der Waals surface area contributed by atoms with Crippen LogP contribution in [0.2, 0.25) is 0 Å². The molecule has 0 saturated heterocycles. The van der Waals surface area contributed by atoms with Crippen molar-refractivity contribution in [1.82, 2.24) is 0 Å². The summed E-state index contributed by atoms with van der Waals surface area (Å²) in [5.41, 5.74) is 0. The summed E-state index contributed by atoms with van der Waals surface area (Å²) in [6.45, 7) is 0. The monoisotopic (exact) mass is 223 g/mol. The Morgan fingerprint density at radius 2 is 1.00 bits per heavy atom. The molecule has 0 saturated carbocycles. The van der Waals surface area contributed by atoms with Crippen LogP contribution in [0.3, 0.4) is 0 Å². The normalized spacial score (nSPS) is 0. The average molecular weight is 222 g/mol. The van der Waals surface area contributed by atoms with E-state index >= 15 is 0 Å². The predicted molar refractivity (Wildman–Crippen MR) is 6.41 cm³/mol. The first-order chi connectivity index (χ1) is 0. The van der Waals surface area contributed by atoms with Crippen molar-refractivity contribution in [2.24, 2.45) is 0 Å². The van der Waals surface area contributed by atoms with Crippen LogP contribution < -0.4 is 0 Å². The van der Waals surface area contributed by atoms with Gasteiger partial charge in [0.15, 0.2) is 0 Å². The Labute approximate surface area is 62.0 Å². The van der Waals surface area contributed by atoms with E-state index in [2.05, 4.69) is 0 Å². The summed E-state index contributed by atoms with van der Waals surface area (Å²) in [4.78, 5) is 0. The Bertz CT molecular complexity index is 8.00. The third kappa shape index (κ3) is 9.31. The zero-order chi connectivity index (χ0) is 0. The zero-order valence-corrected chi connectivity index (χ0v) is 6.40. The van der Waals surface area contributed by atoms with Crippen LogP contribution in [0.4, 0.5) is 0 Å². The molecule has 4 heavy (non-hydrogen) atoms. The Balaban J connectivity index is 0. The fraction of sp³-hybridized carbons (Fsp3) is 0.